The van der Waals surface area contributed by atoms with Gasteiger partial charge in [-0.1, -0.05) is 45.9 Å². The molecule has 0 aliphatic carbocycles. The fourth-order valence-corrected chi connectivity index (χ4v) is 2.53. The molecular weight excluding hydrogens is 276 g/mol. The summed E-state index contributed by atoms with van der Waals surface area (Å²) in [5, 5.41) is 0. The van der Waals surface area contributed by atoms with Crippen LogP contribution in [0.5, 0.6) is 0 Å². The minimum absolute atomic E-state index is 0.216. The molecule has 2 heterocycles. The van der Waals surface area contributed by atoms with Crippen LogP contribution in [0.3, 0.4) is 0 Å². The van der Waals surface area contributed by atoms with Crippen LogP contribution in [0, 0.1) is 0 Å². The van der Waals surface area contributed by atoms with Crippen molar-refractivity contribution in [1.82, 2.24) is 19.9 Å². The Balaban J connectivity index is 2.26. The quantitative estimate of drug-likeness (QED) is 0.776. The predicted octanol–water partition coefficient (Wildman–Crippen LogP) is 3.56. The second-order valence-electron chi connectivity index (χ2n) is 6.17. The summed E-state index contributed by atoms with van der Waals surface area (Å²) in [6.45, 7) is 8.49. The lowest BCUT2D eigenvalue weighted by Crippen LogP contribution is -2.01. The van der Waals surface area contributed by atoms with Gasteiger partial charge in [0.15, 0.2) is 11.3 Å². The van der Waals surface area contributed by atoms with Gasteiger partial charge in [-0.25, -0.2) is 14.8 Å². The van der Waals surface area contributed by atoms with Gasteiger partial charge in [-0.3, -0.25) is 9.97 Å². The van der Waals surface area contributed by atoms with Gasteiger partial charge < -0.3 is 0 Å². The summed E-state index contributed by atoms with van der Waals surface area (Å²) >= 11 is 0. The zero-order valence-electron chi connectivity index (χ0n) is 13.3. The van der Waals surface area contributed by atoms with Gasteiger partial charge in [0.25, 0.3) is 0 Å². The minimum Gasteiger partial charge on any atom is -0.289 e. The van der Waals surface area contributed by atoms with Crippen molar-refractivity contribution in [2.75, 3.05) is 0 Å². The van der Waals surface area contributed by atoms with Gasteiger partial charge in [-0.05, 0) is 23.5 Å². The van der Waals surface area contributed by atoms with Crippen LogP contribution in [-0.2, 0) is 0 Å². The van der Waals surface area contributed by atoms with Gasteiger partial charge in [0.1, 0.15) is 0 Å². The molecule has 3 aromatic rings. The summed E-state index contributed by atoms with van der Waals surface area (Å²) < 4.78 is 0. The molecule has 0 saturated heterocycles. The highest BCUT2D eigenvalue weighted by Crippen LogP contribution is 2.29. The Morgan fingerprint density at radius 1 is 0.955 bits per heavy atom. The molecule has 2 aromatic heterocycles. The molecule has 0 saturated carbocycles. The van der Waals surface area contributed by atoms with E-state index in [-0.39, 0.29) is 11.6 Å². The Hall–Kier alpha value is -2.43. The number of H-pyrrole nitrogens is 2. The van der Waals surface area contributed by atoms with Crippen LogP contribution in [-0.4, -0.2) is 19.9 Å². The normalized spacial score (nSPS) is 11.7. The van der Waals surface area contributed by atoms with E-state index in [1.807, 2.05) is 12.1 Å². The molecule has 0 spiro atoms. The van der Waals surface area contributed by atoms with Crippen molar-refractivity contribution in [1.29, 1.82) is 0 Å². The molecule has 0 aliphatic rings. The summed E-state index contributed by atoms with van der Waals surface area (Å²) in [6.07, 6.45) is 0. The van der Waals surface area contributed by atoms with Gasteiger partial charge in [-0.2, -0.15) is 0 Å². The summed E-state index contributed by atoms with van der Waals surface area (Å²) in [5.74, 6) is 0.666. The highest BCUT2D eigenvalue weighted by Gasteiger charge is 2.16. The number of aromatic nitrogens is 4. The van der Waals surface area contributed by atoms with Gasteiger partial charge >= 0.3 is 5.69 Å². The molecule has 0 atom stereocenters. The van der Waals surface area contributed by atoms with E-state index in [4.69, 9.17) is 0 Å². The van der Waals surface area contributed by atoms with Crippen molar-refractivity contribution in [2.24, 2.45) is 0 Å². The average Bonchev–Trinajstić information content (AvgIpc) is 2.85. The van der Waals surface area contributed by atoms with Crippen LogP contribution in [0.15, 0.2) is 29.1 Å². The van der Waals surface area contributed by atoms with E-state index < -0.39 is 0 Å². The molecule has 0 aliphatic heterocycles. The number of imidazole rings is 1. The molecule has 1 aromatic carbocycles. The second kappa shape index (κ2) is 5.40. The molecule has 0 fully saturated rings. The third kappa shape index (κ3) is 2.54. The number of hydrogen-bond acceptors (Lipinski definition) is 3. The van der Waals surface area contributed by atoms with Crippen LogP contribution in [0.1, 0.15) is 50.8 Å². The summed E-state index contributed by atoms with van der Waals surface area (Å²) in [6, 6.07) is 8.35. The molecule has 0 unspecified atom stereocenters. The minimum atomic E-state index is -0.280. The molecule has 0 radical (unpaired) electrons. The van der Waals surface area contributed by atoms with E-state index in [1.165, 1.54) is 5.56 Å². The fourth-order valence-electron chi connectivity index (χ4n) is 2.53. The van der Waals surface area contributed by atoms with Crippen molar-refractivity contribution < 1.29 is 0 Å². The largest absolute Gasteiger partial charge is 0.326 e. The van der Waals surface area contributed by atoms with E-state index in [0.29, 0.717) is 17.2 Å². The Morgan fingerprint density at radius 2 is 1.64 bits per heavy atom. The molecular formula is C17H20N4O. The van der Waals surface area contributed by atoms with Crippen molar-refractivity contribution >= 4 is 11.3 Å². The van der Waals surface area contributed by atoms with Gasteiger partial charge in [0, 0.05) is 5.56 Å². The zero-order chi connectivity index (χ0) is 15.9. The number of nitrogens with zero attached hydrogens (tertiary/aromatic N) is 2. The van der Waals surface area contributed by atoms with E-state index in [2.05, 4.69) is 59.8 Å². The van der Waals surface area contributed by atoms with Crippen LogP contribution in [0.25, 0.3) is 22.6 Å². The molecule has 0 amide bonds. The van der Waals surface area contributed by atoms with E-state index in [1.54, 1.807) is 0 Å². The number of hydrogen-bond donors (Lipinski definition) is 2. The molecule has 3 rings (SSSR count). The highest BCUT2D eigenvalue weighted by atomic mass is 16.1. The van der Waals surface area contributed by atoms with E-state index in [9.17, 15) is 4.79 Å². The van der Waals surface area contributed by atoms with Gasteiger partial charge in [-0.15, -0.1) is 0 Å². The first-order chi connectivity index (χ1) is 10.5. The molecule has 0 bridgehead atoms. The average molecular weight is 296 g/mol. The topological polar surface area (TPSA) is 74.4 Å². The van der Waals surface area contributed by atoms with Crippen LogP contribution in [0.2, 0.25) is 0 Å². The van der Waals surface area contributed by atoms with E-state index in [0.717, 1.165) is 17.0 Å². The third-order valence-corrected chi connectivity index (χ3v) is 3.76. The highest BCUT2D eigenvalue weighted by molar-refractivity contribution is 5.73. The lowest BCUT2D eigenvalue weighted by Gasteiger charge is -2.13. The number of benzene rings is 1. The maximum absolute atomic E-state index is 11.5. The number of rotatable bonds is 3. The summed E-state index contributed by atoms with van der Waals surface area (Å²) in [5.41, 5.74) is 4.75. The van der Waals surface area contributed by atoms with Crippen molar-refractivity contribution in [2.45, 2.75) is 39.5 Å². The first-order valence-corrected chi connectivity index (χ1v) is 7.56. The maximum atomic E-state index is 11.5. The third-order valence-electron chi connectivity index (χ3n) is 3.76. The SMILES string of the molecule is CC(C)c1cccc(-c2nc3[nH]c(=O)[nH]c3nc2C(C)C)c1. The molecule has 2 N–H and O–H groups in total. The zero-order valence-corrected chi connectivity index (χ0v) is 13.3. The van der Waals surface area contributed by atoms with Crippen LogP contribution in [0.4, 0.5) is 0 Å². The maximum Gasteiger partial charge on any atom is 0.326 e. The fraction of sp³-hybridized carbons (Fsp3) is 0.353. The van der Waals surface area contributed by atoms with Crippen molar-refractivity contribution in [3.05, 3.63) is 46.0 Å². The number of fused-ring (bicyclic) bond motifs is 1. The molecule has 22 heavy (non-hydrogen) atoms. The first-order valence-electron chi connectivity index (χ1n) is 7.56. The smallest absolute Gasteiger partial charge is 0.289 e. The number of nitrogens with one attached hydrogen (secondary N) is 2. The van der Waals surface area contributed by atoms with Crippen LogP contribution < -0.4 is 5.69 Å². The van der Waals surface area contributed by atoms with Crippen molar-refractivity contribution in [3.8, 4) is 11.3 Å². The Labute approximate surface area is 128 Å². The predicted molar refractivity (Wildman–Crippen MR) is 88.1 cm³/mol. The Morgan fingerprint density at radius 3 is 2.27 bits per heavy atom. The number of aromatic amines is 2. The molecule has 114 valence electrons. The Kier molecular flexibility index (Phi) is 3.56. The van der Waals surface area contributed by atoms with Crippen LogP contribution >= 0.6 is 0 Å². The Bertz CT molecular complexity index is 874. The molecule has 5 nitrogen and oxygen atoms in total. The van der Waals surface area contributed by atoms with Crippen molar-refractivity contribution in [3.63, 3.8) is 0 Å². The lowest BCUT2D eigenvalue weighted by molar-refractivity contribution is 0.823. The van der Waals surface area contributed by atoms with E-state index >= 15 is 0 Å². The standard InChI is InChI=1S/C17H20N4O/c1-9(2)11-6-5-7-12(8-11)14-13(10(3)4)18-15-16(19-14)21-17(22)20-15/h5-10H,1-4H3,(H2,18,19,20,21,22). The lowest BCUT2D eigenvalue weighted by atomic mass is 9.97. The second-order valence-corrected chi connectivity index (χ2v) is 6.17. The first kappa shape index (κ1) is 14.5. The summed E-state index contributed by atoms with van der Waals surface area (Å²) in [7, 11) is 0. The summed E-state index contributed by atoms with van der Waals surface area (Å²) in [4.78, 5) is 26.1. The van der Waals surface area contributed by atoms with Gasteiger partial charge in [0.05, 0.1) is 11.4 Å². The monoisotopic (exact) mass is 296 g/mol. The molecule has 5 heteroatoms. The van der Waals surface area contributed by atoms with Gasteiger partial charge in [0.2, 0.25) is 0 Å².